The van der Waals surface area contributed by atoms with Crippen LogP contribution in [0.5, 0.6) is 0 Å². The average Bonchev–Trinajstić information content (AvgIpc) is 2.26. The summed E-state index contributed by atoms with van der Waals surface area (Å²) < 4.78 is 1.72. The standard InChI is InChI=1S/C13H23N3O/c1-13(2,15(3)4)11-14-8-10-16-9-6-5-7-12(16)17/h5-7,9,14H,8,10-11H2,1-4H3. The molecule has 1 heterocycles. The van der Waals surface area contributed by atoms with Crippen molar-refractivity contribution in [1.82, 2.24) is 14.8 Å². The average molecular weight is 237 g/mol. The molecule has 0 aliphatic heterocycles. The van der Waals surface area contributed by atoms with Gasteiger partial charge in [-0.3, -0.25) is 4.79 Å². The van der Waals surface area contributed by atoms with Gasteiger partial charge in [0.25, 0.3) is 5.56 Å². The Hall–Kier alpha value is -1.13. The highest BCUT2D eigenvalue weighted by Crippen LogP contribution is 2.07. The Morgan fingerprint density at radius 3 is 2.65 bits per heavy atom. The smallest absolute Gasteiger partial charge is 0.250 e. The van der Waals surface area contributed by atoms with Crippen LogP contribution in [0.25, 0.3) is 0 Å². The molecule has 1 aromatic heterocycles. The van der Waals surface area contributed by atoms with Crippen LogP contribution in [0.15, 0.2) is 29.2 Å². The van der Waals surface area contributed by atoms with Gasteiger partial charge in [0.05, 0.1) is 0 Å². The topological polar surface area (TPSA) is 37.3 Å². The van der Waals surface area contributed by atoms with E-state index in [1.54, 1.807) is 16.7 Å². The number of rotatable bonds is 6. The predicted molar refractivity (Wildman–Crippen MR) is 71.3 cm³/mol. The lowest BCUT2D eigenvalue weighted by Gasteiger charge is -2.32. The van der Waals surface area contributed by atoms with E-state index in [9.17, 15) is 4.79 Å². The van der Waals surface area contributed by atoms with Gasteiger partial charge >= 0.3 is 0 Å². The first-order valence-electron chi connectivity index (χ1n) is 5.97. The second-order valence-corrected chi connectivity index (χ2v) is 5.12. The zero-order valence-electron chi connectivity index (χ0n) is 11.2. The molecular weight excluding hydrogens is 214 g/mol. The van der Waals surface area contributed by atoms with Crippen molar-refractivity contribution in [2.75, 3.05) is 27.2 Å². The molecule has 0 aromatic carbocycles. The molecule has 0 aliphatic carbocycles. The van der Waals surface area contributed by atoms with Crippen molar-refractivity contribution in [3.63, 3.8) is 0 Å². The van der Waals surface area contributed by atoms with Crippen LogP contribution in [-0.2, 0) is 6.54 Å². The van der Waals surface area contributed by atoms with Gasteiger partial charge in [0.15, 0.2) is 0 Å². The van der Waals surface area contributed by atoms with E-state index in [0.29, 0.717) is 6.54 Å². The molecule has 0 atom stereocenters. The Bertz CT molecular complexity index is 396. The van der Waals surface area contributed by atoms with Crippen LogP contribution >= 0.6 is 0 Å². The van der Waals surface area contributed by atoms with Crippen LogP contribution in [-0.4, -0.2) is 42.2 Å². The van der Waals surface area contributed by atoms with Gasteiger partial charge in [-0.15, -0.1) is 0 Å². The number of nitrogens with zero attached hydrogens (tertiary/aromatic N) is 2. The molecule has 0 saturated carbocycles. The van der Waals surface area contributed by atoms with Gasteiger partial charge in [0.1, 0.15) is 0 Å². The third-order valence-corrected chi connectivity index (χ3v) is 3.20. The minimum atomic E-state index is 0.0566. The molecule has 1 rings (SSSR count). The fourth-order valence-electron chi connectivity index (χ4n) is 1.40. The highest BCUT2D eigenvalue weighted by atomic mass is 16.1. The fraction of sp³-hybridized carbons (Fsp3) is 0.615. The van der Waals surface area contributed by atoms with Crippen LogP contribution in [0.1, 0.15) is 13.8 Å². The molecule has 0 saturated heterocycles. The first kappa shape index (κ1) is 13.9. The number of aromatic nitrogens is 1. The van der Waals surface area contributed by atoms with Crippen LogP contribution in [0.2, 0.25) is 0 Å². The van der Waals surface area contributed by atoms with Crippen molar-refractivity contribution in [3.8, 4) is 0 Å². The Balaban J connectivity index is 2.35. The number of likely N-dealkylation sites (N-methyl/N-ethyl adjacent to an activating group) is 1. The molecule has 17 heavy (non-hydrogen) atoms. The largest absolute Gasteiger partial charge is 0.314 e. The monoisotopic (exact) mass is 237 g/mol. The van der Waals surface area contributed by atoms with Gasteiger partial charge in [-0.05, 0) is 34.0 Å². The van der Waals surface area contributed by atoms with Crippen LogP contribution in [0, 0.1) is 0 Å². The molecule has 1 N–H and O–H groups in total. The molecule has 0 aliphatic rings. The summed E-state index contributed by atoms with van der Waals surface area (Å²) in [6, 6.07) is 5.23. The molecule has 96 valence electrons. The molecule has 0 bridgehead atoms. The molecule has 0 fully saturated rings. The summed E-state index contributed by atoms with van der Waals surface area (Å²) in [5.41, 5.74) is 0.183. The summed E-state index contributed by atoms with van der Waals surface area (Å²) in [4.78, 5) is 13.6. The van der Waals surface area contributed by atoms with E-state index < -0.39 is 0 Å². The molecule has 4 nitrogen and oxygen atoms in total. The second kappa shape index (κ2) is 5.98. The van der Waals surface area contributed by atoms with E-state index in [2.05, 4.69) is 38.2 Å². The van der Waals surface area contributed by atoms with E-state index in [-0.39, 0.29) is 11.1 Å². The normalized spacial score (nSPS) is 12.1. The molecule has 0 unspecified atom stereocenters. The van der Waals surface area contributed by atoms with Crippen molar-refractivity contribution in [2.45, 2.75) is 25.9 Å². The zero-order chi connectivity index (χ0) is 12.9. The fourth-order valence-corrected chi connectivity index (χ4v) is 1.40. The minimum Gasteiger partial charge on any atom is -0.314 e. The lowest BCUT2D eigenvalue weighted by molar-refractivity contribution is 0.190. The van der Waals surface area contributed by atoms with Crippen molar-refractivity contribution in [2.24, 2.45) is 0 Å². The molecule has 1 aromatic rings. The molecular formula is C13H23N3O. The van der Waals surface area contributed by atoms with Gasteiger partial charge < -0.3 is 14.8 Å². The van der Waals surface area contributed by atoms with Crippen molar-refractivity contribution >= 4 is 0 Å². The quantitative estimate of drug-likeness (QED) is 0.743. The third kappa shape index (κ3) is 4.32. The van der Waals surface area contributed by atoms with Crippen LogP contribution < -0.4 is 10.9 Å². The van der Waals surface area contributed by atoms with Gasteiger partial charge in [0.2, 0.25) is 0 Å². The lowest BCUT2D eigenvalue weighted by atomic mass is 10.0. The third-order valence-electron chi connectivity index (χ3n) is 3.20. The number of nitrogens with one attached hydrogen (secondary N) is 1. The van der Waals surface area contributed by atoms with Crippen LogP contribution in [0.4, 0.5) is 0 Å². The van der Waals surface area contributed by atoms with E-state index in [1.165, 1.54) is 0 Å². The van der Waals surface area contributed by atoms with Gasteiger partial charge in [-0.25, -0.2) is 0 Å². The second-order valence-electron chi connectivity index (χ2n) is 5.12. The summed E-state index contributed by atoms with van der Waals surface area (Å²) in [6.07, 6.45) is 1.82. The minimum absolute atomic E-state index is 0.0566. The Morgan fingerprint density at radius 1 is 1.35 bits per heavy atom. The highest BCUT2D eigenvalue weighted by Gasteiger charge is 2.19. The van der Waals surface area contributed by atoms with E-state index >= 15 is 0 Å². The Labute approximate surface area is 103 Å². The van der Waals surface area contributed by atoms with E-state index in [0.717, 1.165) is 13.1 Å². The van der Waals surface area contributed by atoms with Crippen molar-refractivity contribution in [3.05, 3.63) is 34.7 Å². The number of hydrogen-bond acceptors (Lipinski definition) is 3. The highest BCUT2D eigenvalue weighted by molar-refractivity contribution is 4.93. The Kier molecular flexibility index (Phi) is 4.90. The molecule has 0 spiro atoms. The van der Waals surface area contributed by atoms with E-state index in [4.69, 9.17) is 0 Å². The maximum atomic E-state index is 11.4. The van der Waals surface area contributed by atoms with Gasteiger partial charge in [0, 0.05) is 37.4 Å². The van der Waals surface area contributed by atoms with Gasteiger partial charge in [-0.1, -0.05) is 6.07 Å². The first-order valence-corrected chi connectivity index (χ1v) is 5.97. The summed E-state index contributed by atoms with van der Waals surface area (Å²) in [6.45, 7) is 6.80. The SMILES string of the molecule is CN(C)C(C)(C)CNCCn1ccccc1=O. The number of hydrogen-bond donors (Lipinski definition) is 1. The summed E-state index contributed by atoms with van der Waals surface area (Å²) in [5.74, 6) is 0. The molecule has 4 heteroatoms. The summed E-state index contributed by atoms with van der Waals surface area (Å²) in [5, 5.41) is 3.38. The van der Waals surface area contributed by atoms with Gasteiger partial charge in [-0.2, -0.15) is 0 Å². The lowest BCUT2D eigenvalue weighted by Crippen LogP contribution is -2.47. The first-order chi connectivity index (χ1) is 7.93. The maximum Gasteiger partial charge on any atom is 0.250 e. The van der Waals surface area contributed by atoms with E-state index in [1.807, 2.05) is 12.3 Å². The summed E-state index contributed by atoms with van der Waals surface area (Å²) >= 11 is 0. The maximum absolute atomic E-state index is 11.4. The number of pyridine rings is 1. The Morgan fingerprint density at radius 2 is 2.06 bits per heavy atom. The zero-order valence-corrected chi connectivity index (χ0v) is 11.2. The van der Waals surface area contributed by atoms with Crippen molar-refractivity contribution < 1.29 is 0 Å². The van der Waals surface area contributed by atoms with Crippen molar-refractivity contribution in [1.29, 1.82) is 0 Å². The summed E-state index contributed by atoms with van der Waals surface area (Å²) in [7, 11) is 4.15. The molecule has 0 radical (unpaired) electrons. The predicted octanol–water partition coefficient (Wildman–Crippen LogP) is 0.778. The van der Waals surface area contributed by atoms with Crippen LogP contribution in [0.3, 0.4) is 0 Å². The molecule has 0 amide bonds.